The lowest BCUT2D eigenvalue weighted by Gasteiger charge is -2.32. The molecule has 0 aromatic carbocycles. The number of amides is 2. The summed E-state index contributed by atoms with van der Waals surface area (Å²) < 4.78 is 35.9. The van der Waals surface area contributed by atoms with Crippen LogP contribution in [-0.2, 0) is 0 Å². The zero-order valence-electron chi connectivity index (χ0n) is 10.9. The van der Waals surface area contributed by atoms with Gasteiger partial charge in [-0.3, -0.25) is 0 Å². The van der Waals surface area contributed by atoms with Crippen LogP contribution in [0.5, 0.6) is 0 Å². The molecule has 1 aliphatic rings. The molecular weight excluding hydrogens is 245 g/mol. The second-order valence-electron chi connectivity index (χ2n) is 5.45. The van der Waals surface area contributed by atoms with E-state index in [2.05, 4.69) is 20.8 Å². The van der Waals surface area contributed by atoms with Crippen LogP contribution >= 0.6 is 0 Å². The standard InChI is InChI=1S/C12H19F3N2O/c1-11(2,3)9-4-6-17(7-5-9)10(18)16-8-12(13,14)15/h4H,5-8H2,1-3H3,(H,16,18). The largest absolute Gasteiger partial charge is 0.405 e. The van der Waals surface area contributed by atoms with Crippen LogP contribution in [0.15, 0.2) is 11.6 Å². The van der Waals surface area contributed by atoms with Gasteiger partial charge in [-0.05, 0) is 11.8 Å². The molecule has 0 saturated carbocycles. The van der Waals surface area contributed by atoms with Crippen molar-refractivity contribution < 1.29 is 18.0 Å². The van der Waals surface area contributed by atoms with Gasteiger partial charge in [-0.15, -0.1) is 0 Å². The van der Waals surface area contributed by atoms with E-state index in [1.807, 2.05) is 11.4 Å². The van der Waals surface area contributed by atoms with Gasteiger partial charge in [0.15, 0.2) is 0 Å². The summed E-state index contributed by atoms with van der Waals surface area (Å²) in [5, 5.41) is 1.88. The minimum Gasteiger partial charge on any atom is -0.329 e. The summed E-state index contributed by atoms with van der Waals surface area (Å²) in [6.07, 6.45) is -1.72. The summed E-state index contributed by atoms with van der Waals surface area (Å²) in [5.74, 6) is 0. The van der Waals surface area contributed by atoms with Crippen LogP contribution in [0, 0.1) is 5.41 Å². The number of nitrogens with zero attached hydrogens (tertiary/aromatic N) is 1. The topological polar surface area (TPSA) is 32.3 Å². The number of alkyl halides is 3. The van der Waals surface area contributed by atoms with Gasteiger partial charge < -0.3 is 10.2 Å². The van der Waals surface area contributed by atoms with Crippen molar-refractivity contribution in [2.45, 2.75) is 33.4 Å². The highest BCUT2D eigenvalue weighted by Gasteiger charge is 2.29. The molecule has 0 atom stereocenters. The molecular formula is C12H19F3N2O. The van der Waals surface area contributed by atoms with E-state index in [0.29, 0.717) is 19.5 Å². The fraction of sp³-hybridized carbons (Fsp3) is 0.750. The summed E-state index contributed by atoms with van der Waals surface area (Å²) in [6.45, 7) is 5.80. The van der Waals surface area contributed by atoms with Gasteiger partial charge in [0.1, 0.15) is 6.54 Å². The maximum absolute atomic E-state index is 12.0. The minimum atomic E-state index is -4.36. The van der Waals surface area contributed by atoms with E-state index in [1.54, 1.807) is 0 Å². The average Bonchev–Trinajstić information content (AvgIpc) is 2.24. The molecule has 1 N–H and O–H groups in total. The third-order valence-electron chi connectivity index (χ3n) is 2.90. The van der Waals surface area contributed by atoms with Crippen molar-refractivity contribution in [2.24, 2.45) is 5.41 Å². The Morgan fingerprint density at radius 1 is 1.39 bits per heavy atom. The summed E-state index contributed by atoms with van der Waals surface area (Å²) >= 11 is 0. The van der Waals surface area contributed by atoms with Crippen molar-refractivity contribution in [3.63, 3.8) is 0 Å². The molecule has 0 aliphatic carbocycles. The van der Waals surface area contributed by atoms with Crippen LogP contribution in [0.25, 0.3) is 0 Å². The Labute approximate surface area is 105 Å². The number of rotatable bonds is 1. The summed E-state index contributed by atoms with van der Waals surface area (Å²) in [6, 6.07) is -0.656. The van der Waals surface area contributed by atoms with Crippen LogP contribution in [0.2, 0.25) is 0 Å². The lowest BCUT2D eigenvalue weighted by molar-refractivity contribution is -0.123. The molecule has 3 nitrogen and oxygen atoms in total. The Morgan fingerprint density at radius 3 is 2.39 bits per heavy atom. The molecule has 0 bridgehead atoms. The van der Waals surface area contributed by atoms with E-state index in [0.717, 1.165) is 0 Å². The fourth-order valence-electron chi connectivity index (χ4n) is 1.82. The molecule has 0 aromatic rings. The van der Waals surface area contributed by atoms with Gasteiger partial charge in [0, 0.05) is 13.1 Å². The molecule has 1 rings (SSSR count). The number of carbonyl (C=O) groups is 1. The third kappa shape index (κ3) is 4.58. The number of hydrogen-bond donors (Lipinski definition) is 1. The molecule has 6 heteroatoms. The predicted octanol–water partition coefficient (Wildman–Crippen LogP) is 2.94. The lowest BCUT2D eigenvalue weighted by Crippen LogP contribution is -2.45. The second-order valence-corrected chi connectivity index (χ2v) is 5.45. The van der Waals surface area contributed by atoms with Gasteiger partial charge in [-0.25, -0.2) is 4.79 Å². The van der Waals surface area contributed by atoms with E-state index < -0.39 is 18.8 Å². The number of nitrogens with one attached hydrogen (secondary N) is 1. The van der Waals surface area contributed by atoms with Crippen molar-refractivity contribution in [3.8, 4) is 0 Å². The number of halogens is 3. The van der Waals surface area contributed by atoms with Gasteiger partial charge >= 0.3 is 12.2 Å². The Morgan fingerprint density at radius 2 is 2.00 bits per heavy atom. The minimum absolute atomic E-state index is 0.0501. The Hall–Kier alpha value is -1.20. The normalized spacial score (nSPS) is 17.4. The van der Waals surface area contributed by atoms with Crippen LogP contribution in [0.1, 0.15) is 27.2 Å². The van der Waals surface area contributed by atoms with E-state index in [1.165, 1.54) is 10.5 Å². The fourth-order valence-corrected chi connectivity index (χ4v) is 1.82. The van der Waals surface area contributed by atoms with E-state index in [-0.39, 0.29) is 5.41 Å². The maximum atomic E-state index is 12.0. The first kappa shape index (κ1) is 14.9. The third-order valence-corrected chi connectivity index (χ3v) is 2.90. The Balaban J connectivity index is 2.48. The number of hydrogen-bond acceptors (Lipinski definition) is 1. The van der Waals surface area contributed by atoms with Crippen LogP contribution < -0.4 is 5.32 Å². The SMILES string of the molecule is CC(C)(C)C1=CCN(C(=O)NCC(F)(F)F)CC1. The Bertz CT molecular complexity index is 342. The van der Waals surface area contributed by atoms with Gasteiger partial charge in [0.25, 0.3) is 0 Å². The molecule has 0 unspecified atom stereocenters. The highest BCUT2D eigenvalue weighted by Crippen LogP contribution is 2.30. The van der Waals surface area contributed by atoms with Gasteiger partial charge in [-0.1, -0.05) is 32.4 Å². The number of carbonyl (C=O) groups excluding carboxylic acids is 1. The maximum Gasteiger partial charge on any atom is 0.405 e. The van der Waals surface area contributed by atoms with Gasteiger partial charge in [0.2, 0.25) is 0 Å². The summed E-state index contributed by atoms with van der Waals surface area (Å²) in [4.78, 5) is 12.9. The van der Waals surface area contributed by atoms with Crippen LogP contribution in [0.3, 0.4) is 0 Å². The summed E-state index contributed by atoms with van der Waals surface area (Å²) in [7, 11) is 0. The molecule has 0 fully saturated rings. The van der Waals surface area contributed by atoms with Gasteiger partial charge in [-0.2, -0.15) is 13.2 Å². The van der Waals surface area contributed by atoms with Crippen molar-refractivity contribution in [1.29, 1.82) is 0 Å². The van der Waals surface area contributed by atoms with Gasteiger partial charge in [0.05, 0.1) is 0 Å². The first-order valence-corrected chi connectivity index (χ1v) is 5.88. The van der Waals surface area contributed by atoms with Crippen molar-refractivity contribution >= 4 is 6.03 Å². The van der Waals surface area contributed by atoms with Crippen molar-refractivity contribution in [2.75, 3.05) is 19.6 Å². The highest BCUT2D eigenvalue weighted by atomic mass is 19.4. The monoisotopic (exact) mass is 264 g/mol. The van der Waals surface area contributed by atoms with Crippen LogP contribution in [-0.4, -0.2) is 36.7 Å². The predicted molar refractivity (Wildman–Crippen MR) is 63.2 cm³/mol. The quantitative estimate of drug-likeness (QED) is 0.726. The first-order valence-electron chi connectivity index (χ1n) is 5.88. The molecule has 0 spiro atoms. The first-order chi connectivity index (χ1) is 8.09. The van der Waals surface area contributed by atoms with Crippen molar-refractivity contribution in [3.05, 3.63) is 11.6 Å². The average molecular weight is 264 g/mol. The molecule has 0 saturated heterocycles. The Kier molecular flexibility index (Phi) is 4.29. The zero-order valence-corrected chi connectivity index (χ0v) is 10.9. The smallest absolute Gasteiger partial charge is 0.329 e. The molecule has 2 amide bonds. The zero-order chi connectivity index (χ0) is 14.0. The molecule has 1 heterocycles. The van der Waals surface area contributed by atoms with E-state index in [4.69, 9.17) is 0 Å². The second kappa shape index (κ2) is 5.20. The summed E-state index contributed by atoms with van der Waals surface area (Å²) in [5.41, 5.74) is 1.29. The molecule has 0 radical (unpaired) electrons. The van der Waals surface area contributed by atoms with Crippen LogP contribution in [0.4, 0.5) is 18.0 Å². The van der Waals surface area contributed by atoms with E-state index in [9.17, 15) is 18.0 Å². The highest BCUT2D eigenvalue weighted by molar-refractivity contribution is 5.74. The molecule has 1 aliphatic heterocycles. The van der Waals surface area contributed by atoms with E-state index >= 15 is 0 Å². The molecule has 104 valence electrons. The van der Waals surface area contributed by atoms with Crippen molar-refractivity contribution in [1.82, 2.24) is 10.2 Å². The lowest BCUT2D eigenvalue weighted by atomic mass is 9.83. The molecule has 0 aromatic heterocycles. The number of urea groups is 1. The molecule has 18 heavy (non-hydrogen) atoms.